The van der Waals surface area contributed by atoms with Crippen LogP contribution in [-0.4, -0.2) is 29.9 Å². The molecule has 0 unspecified atom stereocenters. The first kappa shape index (κ1) is 17.0. The van der Waals surface area contributed by atoms with Crippen molar-refractivity contribution in [3.05, 3.63) is 28.3 Å². The van der Waals surface area contributed by atoms with Crippen LogP contribution in [0.5, 0.6) is 5.75 Å². The molecule has 0 fully saturated rings. The maximum atomic E-state index is 12.8. The molecule has 0 heterocycles. The van der Waals surface area contributed by atoms with Gasteiger partial charge >= 0.3 is 18.0 Å². The van der Waals surface area contributed by atoms with E-state index in [-0.39, 0.29) is 23.2 Å². The van der Waals surface area contributed by atoms with Crippen molar-refractivity contribution in [2.45, 2.75) is 32.3 Å². The molecule has 0 radical (unpaired) electrons. The van der Waals surface area contributed by atoms with Crippen LogP contribution < -0.4 is 10.1 Å². The number of hydrogen-bond acceptors (Lipinski definition) is 4. The zero-order valence-electron chi connectivity index (χ0n) is 11.3. The van der Waals surface area contributed by atoms with Gasteiger partial charge in [-0.15, -0.1) is 0 Å². The predicted octanol–water partition coefficient (Wildman–Crippen LogP) is 3.69. The summed E-state index contributed by atoms with van der Waals surface area (Å²) in [7, 11) is 0. The number of alkyl halides is 4. The summed E-state index contributed by atoms with van der Waals surface area (Å²) in [6, 6.07) is 3.33. The zero-order valence-corrected chi connectivity index (χ0v) is 11.3. The number of nitro groups is 1. The van der Waals surface area contributed by atoms with Gasteiger partial charge in [0.1, 0.15) is 0 Å². The lowest BCUT2D eigenvalue weighted by Crippen LogP contribution is -2.34. The van der Waals surface area contributed by atoms with Gasteiger partial charge in [-0.25, -0.2) is 8.78 Å². The molecule has 1 rings (SSSR count). The predicted molar refractivity (Wildman–Crippen MR) is 68.3 cm³/mol. The fourth-order valence-electron chi connectivity index (χ4n) is 1.42. The van der Waals surface area contributed by atoms with Crippen LogP contribution in [-0.2, 0) is 0 Å². The molecule has 1 N–H and O–H groups in total. The van der Waals surface area contributed by atoms with Gasteiger partial charge in [-0.05, 0) is 19.9 Å². The number of nitro benzene ring substituents is 1. The maximum Gasteiger partial charge on any atom is 0.324 e. The average molecular weight is 310 g/mol. The highest BCUT2D eigenvalue weighted by molar-refractivity contribution is 5.58. The molecule has 0 saturated heterocycles. The van der Waals surface area contributed by atoms with E-state index in [0.29, 0.717) is 0 Å². The Bertz CT molecular complexity index is 509. The van der Waals surface area contributed by atoms with E-state index in [1.54, 1.807) is 13.8 Å². The van der Waals surface area contributed by atoms with E-state index >= 15 is 0 Å². The average Bonchev–Trinajstić information content (AvgIpc) is 2.35. The highest BCUT2D eigenvalue weighted by Crippen LogP contribution is 2.31. The highest BCUT2D eigenvalue weighted by atomic mass is 19.3. The monoisotopic (exact) mass is 310 g/mol. The van der Waals surface area contributed by atoms with Crippen molar-refractivity contribution in [1.29, 1.82) is 0 Å². The molecule has 0 amide bonds. The van der Waals surface area contributed by atoms with Crippen molar-refractivity contribution >= 4 is 11.4 Å². The van der Waals surface area contributed by atoms with Gasteiger partial charge in [0, 0.05) is 17.8 Å². The number of hydrogen-bond donors (Lipinski definition) is 1. The van der Waals surface area contributed by atoms with Gasteiger partial charge in [0.25, 0.3) is 0 Å². The van der Waals surface area contributed by atoms with Gasteiger partial charge in [0.15, 0.2) is 5.75 Å². The Labute approximate surface area is 118 Å². The molecular weight excluding hydrogens is 296 g/mol. The van der Waals surface area contributed by atoms with Crippen LogP contribution in [0.15, 0.2) is 18.2 Å². The van der Waals surface area contributed by atoms with Gasteiger partial charge in [-0.1, -0.05) is 0 Å². The van der Waals surface area contributed by atoms with Crippen LogP contribution in [0.3, 0.4) is 0 Å². The SMILES string of the molecule is CC(C)Oc1cc(NCC(F)(F)C(F)F)ccc1[N+](=O)[O-]. The normalized spacial score (nSPS) is 11.8. The quantitative estimate of drug-likeness (QED) is 0.474. The summed E-state index contributed by atoms with van der Waals surface area (Å²) in [5.74, 6) is -4.32. The summed E-state index contributed by atoms with van der Waals surface area (Å²) in [4.78, 5) is 10.1. The molecule has 21 heavy (non-hydrogen) atoms. The van der Waals surface area contributed by atoms with Crippen molar-refractivity contribution < 1.29 is 27.2 Å². The summed E-state index contributed by atoms with van der Waals surface area (Å²) in [6.45, 7) is 1.98. The van der Waals surface area contributed by atoms with Gasteiger partial charge in [0.05, 0.1) is 17.6 Å². The van der Waals surface area contributed by atoms with E-state index in [9.17, 15) is 27.7 Å². The Morgan fingerprint density at radius 3 is 2.48 bits per heavy atom. The summed E-state index contributed by atoms with van der Waals surface area (Å²) < 4.78 is 54.9. The number of rotatable bonds is 7. The third kappa shape index (κ3) is 4.76. The second-order valence-corrected chi connectivity index (χ2v) is 4.52. The van der Waals surface area contributed by atoms with Crippen LogP contribution in [0.2, 0.25) is 0 Å². The van der Waals surface area contributed by atoms with Crippen LogP contribution in [0.4, 0.5) is 28.9 Å². The minimum atomic E-state index is -4.19. The first-order valence-electron chi connectivity index (χ1n) is 5.98. The molecule has 0 spiro atoms. The molecule has 0 saturated carbocycles. The number of anilines is 1. The molecule has 5 nitrogen and oxygen atoms in total. The number of halogens is 4. The lowest BCUT2D eigenvalue weighted by Gasteiger charge is -2.17. The lowest BCUT2D eigenvalue weighted by molar-refractivity contribution is -0.386. The molecule has 0 atom stereocenters. The molecule has 0 aromatic heterocycles. The maximum absolute atomic E-state index is 12.8. The van der Waals surface area contributed by atoms with Crippen molar-refractivity contribution in [2.24, 2.45) is 0 Å². The van der Waals surface area contributed by atoms with Crippen LogP contribution >= 0.6 is 0 Å². The second-order valence-electron chi connectivity index (χ2n) is 4.52. The number of nitrogens with zero attached hydrogens (tertiary/aromatic N) is 1. The molecule has 1 aromatic carbocycles. The minimum Gasteiger partial charge on any atom is -0.484 e. The fraction of sp³-hybridized carbons (Fsp3) is 0.500. The standard InChI is InChI=1S/C12H14F4N2O3/c1-7(2)21-10-5-8(3-4-9(10)18(19)20)17-6-12(15,16)11(13)14/h3-5,7,11,17H,6H2,1-2H3. The van der Waals surface area contributed by atoms with Gasteiger partial charge in [-0.3, -0.25) is 10.1 Å². The van der Waals surface area contributed by atoms with Crippen LogP contribution in [0.1, 0.15) is 13.8 Å². The van der Waals surface area contributed by atoms with Crippen LogP contribution in [0, 0.1) is 10.1 Å². The molecule has 118 valence electrons. The zero-order chi connectivity index (χ0) is 16.2. The van der Waals surface area contributed by atoms with Crippen molar-refractivity contribution in [3.8, 4) is 5.75 Å². The van der Waals surface area contributed by atoms with E-state index in [1.807, 2.05) is 0 Å². The lowest BCUT2D eigenvalue weighted by atomic mass is 10.2. The van der Waals surface area contributed by atoms with Crippen LogP contribution in [0.25, 0.3) is 0 Å². The summed E-state index contributed by atoms with van der Waals surface area (Å²) in [5.41, 5.74) is -0.313. The third-order valence-corrected chi connectivity index (χ3v) is 2.37. The largest absolute Gasteiger partial charge is 0.484 e. The van der Waals surface area contributed by atoms with Crippen molar-refractivity contribution in [2.75, 3.05) is 11.9 Å². The molecular formula is C12H14F4N2O3. The molecule has 9 heteroatoms. The molecule has 0 aliphatic heterocycles. The topological polar surface area (TPSA) is 64.4 Å². The Balaban J connectivity index is 2.92. The van der Waals surface area contributed by atoms with E-state index < -0.39 is 23.8 Å². The molecule has 0 aliphatic rings. The fourth-order valence-corrected chi connectivity index (χ4v) is 1.42. The van der Waals surface area contributed by atoms with Gasteiger partial charge < -0.3 is 10.1 Å². The Morgan fingerprint density at radius 2 is 2.00 bits per heavy atom. The van der Waals surface area contributed by atoms with E-state index in [1.165, 1.54) is 0 Å². The first-order chi connectivity index (χ1) is 9.63. The second kappa shape index (κ2) is 6.59. The number of ether oxygens (including phenoxy) is 1. The van der Waals surface area contributed by atoms with Gasteiger partial charge in [-0.2, -0.15) is 8.78 Å². The Morgan fingerprint density at radius 1 is 1.38 bits per heavy atom. The number of benzene rings is 1. The first-order valence-corrected chi connectivity index (χ1v) is 5.98. The van der Waals surface area contributed by atoms with Crippen molar-refractivity contribution in [3.63, 3.8) is 0 Å². The summed E-state index contributed by atoms with van der Waals surface area (Å²) in [6.07, 6.45) is -4.17. The summed E-state index contributed by atoms with van der Waals surface area (Å²) >= 11 is 0. The molecule has 1 aromatic rings. The minimum absolute atomic E-state index is 0.0246. The smallest absolute Gasteiger partial charge is 0.324 e. The Kier molecular flexibility index (Phi) is 5.34. The van der Waals surface area contributed by atoms with Gasteiger partial charge in [0.2, 0.25) is 0 Å². The third-order valence-electron chi connectivity index (χ3n) is 2.37. The molecule has 0 aliphatic carbocycles. The highest BCUT2D eigenvalue weighted by Gasteiger charge is 2.40. The van der Waals surface area contributed by atoms with Crippen molar-refractivity contribution in [1.82, 2.24) is 0 Å². The van der Waals surface area contributed by atoms with E-state index in [2.05, 4.69) is 5.32 Å². The van der Waals surface area contributed by atoms with E-state index in [4.69, 9.17) is 4.74 Å². The molecule has 0 bridgehead atoms. The summed E-state index contributed by atoms with van der Waals surface area (Å²) in [5, 5.41) is 12.9. The Hall–Kier alpha value is -2.06. The van der Waals surface area contributed by atoms with E-state index in [0.717, 1.165) is 18.2 Å². The number of nitrogens with one attached hydrogen (secondary N) is 1.